The number of nitrogen functional groups attached to an aromatic ring is 1. The Balaban J connectivity index is 2.03. The summed E-state index contributed by atoms with van der Waals surface area (Å²) in [5, 5.41) is 4.03. The lowest BCUT2D eigenvalue weighted by Crippen LogP contribution is -2.36. The van der Waals surface area contributed by atoms with Gasteiger partial charge in [-0.25, -0.2) is 0 Å². The lowest BCUT2D eigenvalue weighted by Gasteiger charge is -2.29. The summed E-state index contributed by atoms with van der Waals surface area (Å²) in [6.45, 7) is 0.686. The van der Waals surface area contributed by atoms with Gasteiger partial charge in [-0.2, -0.15) is 5.10 Å². The average molecular weight is 274 g/mol. The highest BCUT2D eigenvalue weighted by atomic mass is 32.2. The fraction of sp³-hybridized carbons (Fsp3) is 0.231. The van der Waals surface area contributed by atoms with Crippen molar-refractivity contribution in [2.24, 2.45) is 7.05 Å². The third-order valence-corrected chi connectivity index (χ3v) is 4.19. The Hall–Kier alpha value is -1.95. The topological polar surface area (TPSA) is 64.2 Å². The van der Waals surface area contributed by atoms with Gasteiger partial charge in [0, 0.05) is 24.2 Å². The number of hydrogen-bond acceptors (Lipinski definition) is 4. The van der Waals surface area contributed by atoms with Crippen LogP contribution < -0.4 is 10.6 Å². The first kappa shape index (κ1) is 12.1. The first-order valence-corrected chi connectivity index (χ1v) is 6.98. The second kappa shape index (κ2) is 4.62. The summed E-state index contributed by atoms with van der Waals surface area (Å²) in [6, 6.07) is 7.92. The van der Waals surface area contributed by atoms with Crippen molar-refractivity contribution < 1.29 is 4.79 Å². The molecule has 2 N–H and O–H groups in total. The van der Waals surface area contributed by atoms with E-state index in [0.29, 0.717) is 17.9 Å². The fourth-order valence-electron chi connectivity index (χ4n) is 2.22. The van der Waals surface area contributed by atoms with Gasteiger partial charge >= 0.3 is 0 Å². The minimum Gasteiger partial charge on any atom is -0.396 e. The van der Waals surface area contributed by atoms with E-state index in [1.807, 2.05) is 24.3 Å². The molecule has 6 heteroatoms. The number of benzene rings is 1. The van der Waals surface area contributed by atoms with Gasteiger partial charge in [0.25, 0.3) is 5.91 Å². The molecular formula is C13H14N4OS. The van der Waals surface area contributed by atoms with Gasteiger partial charge in [0.2, 0.25) is 0 Å². The van der Waals surface area contributed by atoms with Crippen molar-refractivity contribution in [3.63, 3.8) is 0 Å². The van der Waals surface area contributed by atoms with Crippen LogP contribution in [0.15, 0.2) is 35.4 Å². The van der Waals surface area contributed by atoms with Crippen molar-refractivity contribution >= 4 is 29.0 Å². The molecule has 1 amide bonds. The van der Waals surface area contributed by atoms with Gasteiger partial charge in [-0.15, -0.1) is 11.8 Å². The number of aromatic nitrogens is 2. The van der Waals surface area contributed by atoms with Crippen LogP contribution in [0.1, 0.15) is 10.5 Å². The summed E-state index contributed by atoms with van der Waals surface area (Å²) in [5.74, 6) is 0.797. The van der Waals surface area contributed by atoms with E-state index in [2.05, 4.69) is 5.10 Å². The van der Waals surface area contributed by atoms with Crippen molar-refractivity contribution in [1.82, 2.24) is 9.78 Å². The molecule has 1 aliphatic heterocycles. The van der Waals surface area contributed by atoms with Crippen molar-refractivity contribution in [3.8, 4) is 0 Å². The fourth-order valence-corrected chi connectivity index (χ4v) is 3.22. The largest absolute Gasteiger partial charge is 0.396 e. The van der Waals surface area contributed by atoms with Crippen LogP contribution >= 0.6 is 11.8 Å². The molecule has 1 aromatic heterocycles. The van der Waals surface area contributed by atoms with E-state index in [-0.39, 0.29) is 5.91 Å². The number of amides is 1. The van der Waals surface area contributed by atoms with E-state index >= 15 is 0 Å². The van der Waals surface area contributed by atoms with Gasteiger partial charge in [-0.05, 0) is 12.1 Å². The van der Waals surface area contributed by atoms with E-state index in [4.69, 9.17) is 5.73 Å². The van der Waals surface area contributed by atoms with Crippen LogP contribution in [0.25, 0.3) is 0 Å². The number of rotatable bonds is 1. The number of thioether (sulfide) groups is 1. The van der Waals surface area contributed by atoms with Crippen molar-refractivity contribution in [3.05, 3.63) is 36.2 Å². The standard InChI is InChI=1S/C13H14N4OS/c1-16-12(9(14)8-15-16)13(18)17-6-7-19-11-5-3-2-4-10(11)17/h2-5,8H,6-7,14H2,1H3. The van der Waals surface area contributed by atoms with Crippen molar-refractivity contribution in [2.75, 3.05) is 22.9 Å². The maximum absolute atomic E-state index is 12.6. The maximum atomic E-state index is 12.6. The number of hydrogen-bond donors (Lipinski definition) is 1. The Morgan fingerprint density at radius 2 is 2.21 bits per heavy atom. The van der Waals surface area contributed by atoms with E-state index in [1.165, 1.54) is 10.9 Å². The van der Waals surface area contributed by atoms with E-state index in [0.717, 1.165) is 16.3 Å². The molecule has 1 aromatic carbocycles. The Labute approximate surface area is 115 Å². The Kier molecular flexibility index (Phi) is 2.94. The number of para-hydroxylation sites is 1. The zero-order valence-corrected chi connectivity index (χ0v) is 11.4. The van der Waals surface area contributed by atoms with Crippen LogP contribution in [-0.2, 0) is 7.05 Å². The normalized spacial score (nSPS) is 14.3. The quantitative estimate of drug-likeness (QED) is 0.860. The SMILES string of the molecule is Cn1ncc(N)c1C(=O)N1CCSc2ccccc21. The van der Waals surface area contributed by atoms with E-state index in [1.54, 1.807) is 23.7 Å². The molecule has 0 saturated heterocycles. The molecule has 2 heterocycles. The van der Waals surface area contributed by atoms with E-state index < -0.39 is 0 Å². The second-order valence-electron chi connectivity index (χ2n) is 4.35. The lowest BCUT2D eigenvalue weighted by molar-refractivity contribution is 0.0979. The predicted octanol–water partition coefficient (Wildman–Crippen LogP) is 1.75. The van der Waals surface area contributed by atoms with Gasteiger partial charge in [-0.3, -0.25) is 9.48 Å². The maximum Gasteiger partial charge on any atom is 0.278 e. The number of carbonyl (C=O) groups is 1. The summed E-state index contributed by atoms with van der Waals surface area (Å²) >= 11 is 1.77. The summed E-state index contributed by atoms with van der Waals surface area (Å²) in [7, 11) is 1.73. The molecule has 1 aliphatic rings. The predicted molar refractivity (Wildman–Crippen MR) is 76.5 cm³/mol. The number of carbonyl (C=O) groups excluding carboxylic acids is 1. The van der Waals surface area contributed by atoms with Gasteiger partial charge in [-0.1, -0.05) is 12.1 Å². The van der Waals surface area contributed by atoms with Gasteiger partial charge < -0.3 is 10.6 Å². The summed E-state index contributed by atoms with van der Waals surface area (Å²) in [5.41, 5.74) is 7.65. The van der Waals surface area contributed by atoms with Crippen LogP contribution in [0.4, 0.5) is 11.4 Å². The Morgan fingerprint density at radius 1 is 1.42 bits per heavy atom. The highest BCUT2D eigenvalue weighted by Crippen LogP contribution is 2.35. The van der Waals surface area contributed by atoms with Crippen LogP contribution in [-0.4, -0.2) is 28.0 Å². The molecule has 5 nitrogen and oxygen atoms in total. The molecule has 0 bridgehead atoms. The van der Waals surface area contributed by atoms with Crippen LogP contribution in [0.3, 0.4) is 0 Å². The Bertz CT molecular complexity index is 618. The minimum atomic E-state index is -0.0924. The molecule has 0 atom stereocenters. The summed E-state index contributed by atoms with van der Waals surface area (Å²) in [4.78, 5) is 15.5. The zero-order valence-electron chi connectivity index (χ0n) is 10.5. The van der Waals surface area contributed by atoms with Gasteiger partial charge in [0.15, 0.2) is 0 Å². The Morgan fingerprint density at radius 3 is 2.95 bits per heavy atom. The number of aryl methyl sites for hydroxylation is 1. The molecule has 0 saturated carbocycles. The molecule has 0 aliphatic carbocycles. The number of anilines is 2. The van der Waals surface area contributed by atoms with Gasteiger partial charge in [0.1, 0.15) is 5.69 Å². The zero-order chi connectivity index (χ0) is 13.4. The molecule has 98 valence electrons. The lowest BCUT2D eigenvalue weighted by atomic mass is 10.2. The minimum absolute atomic E-state index is 0.0924. The van der Waals surface area contributed by atoms with Crippen LogP contribution in [0.2, 0.25) is 0 Å². The van der Waals surface area contributed by atoms with Gasteiger partial charge in [0.05, 0.1) is 17.6 Å². The summed E-state index contributed by atoms with van der Waals surface area (Å²) in [6.07, 6.45) is 1.51. The molecule has 0 unspecified atom stereocenters. The first-order valence-electron chi connectivity index (χ1n) is 5.99. The average Bonchev–Trinajstić information content (AvgIpc) is 2.77. The molecule has 2 aromatic rings. The first-order chi connectivity index (χ1) is 9.18. The van der Waals surface area contributed by atoms with E-state index in [9.17, 15) is 4.79 Å². The third kappa shape index (κ3) is 1.98. The highest BCUT2D eigenvalue weighted by molar-refractivity contribution is 7.99. The summed E-state index contributed by atoms with van der Waals surface area (Å²) < 4.78 is 1.53. The highest BCUT2D eigenvalue weighted by Gasteiger charge is 2.27. The molecule has 0 spiro atoms. The smallest absolute Gasteiger partial charge is 0.278 e. The second-order valence-corrected chi connectivity index (χ2v) is 5.48. The molecule has 0 fully saturated rings. The molecule has 3 rings (SSSR count). The number of nitrogens with zero attached hydrogens (tertiary/aromatic N) is 3. The van der Waals surface area contributed by atoms with Crippen molar-refractivity contribution in [2.45, 2.75) is 4.90 Å². The number of nitrogens with two attached hydrogens (primary N) is 1. The third-order valence-electron chi connectivity index (χ3n) is 3.14. The molecule has 0 radical (unpaired) electrons. The molecule has 19 heavy (non-hydrogen) atoms. The monoisotopic (exact) mass is 274 g/mol. The van der Waals surface area contributed by atoms with Crippen LogP contribution in [0, 0.1) is 0 Å². The van der Waals surface area contributed by atoms with Crippen LogP contribution in [0.5, 0.6) is 0 Å². The molecular weight excluding hydrogens is 260 g/mol. The van der Waals surface area contributed by atoms with Crippen molar-refractivity contribution in [1.29, 1.82) is 0 Å². The number of fused-ring (bicyclic) bond motifs is 1.